The zero-order valence-electron chi connectivity index (χ0n) is 13.8. The van der Waals surface area contributed by atoms with Crippen molar-refractivity contribution in [1.29, 1.82) is 0 Å². The number of halogens is 1. The number of anilines is 1. The summed E-state index contributed by atoms with van der Waals surface area (Å²) in [7, 11) is 0. The van der Waals surface area contributed by atoms with E-state index < -0.39 is 0 Å². The molecule has 4 nitrogen and oxygen atoms in total. The maximum Gasteiger partial charge on any atom is 0.322 e. The van der Waals surface area contributed by atoms with Crippen LogP contribution in [0, 0.1) is 0 Å². The molecule has 3 aromatic rings. The molecule has 1 aromatic heterocycles. The lowest BCUT2D eigenvalue weighted by atomic mass is 10.1. The highest BCUT2D eigenvalue weighted by Gasteiger charge is 2.28. The van der Waals surface area contributed by atoms with Gasteiger partial charge in [0.1, 0.15) is 0 Å². The standard InChI is InChI=1S/C20H18BrN3O/c1-14-18-7-4-12-23(18)19-6-3-2-5-15(19)13-24(14)20(25)22-17-10-8-16(21)9-11-17/h2-12,14H,13H2,1H3,(H,22,25)/t14-/m1/s1. The van der Waals surface area contributed by atoms with Gasteiger partial charge in [0.05, 0.1) is 18.3 Å². The molecule has 1 atom stereocenters. The van der Waals surface area contributed by atoms with Gasteiger partial charge in [-0.1, -0.05) is 34.1 Å². The zero-order valence-corrected chi connectivity index (χ0v) is 15.4. The molecule has 0 bridgehead atoms. The number of fused-ring (bicyclic) bond motifs is 3. The molecule has 126 valence electrons. The highest BCUT2D eigenvalue weighted by atomic mass is 79.9. The van der Waals surface area contributed by atoms with Crippen molar-refractivity contribution in [3.63, 3.8) is 0 Å². The van der Waals surface area contributed by atoms with Crippen LogP contribution in [0.5, 0.6) is 0 Å². The lowest BCUT2D eigenvalue weighted by Gasteiger charge is -2.27. The van der Waals surface area contributed by atoms with E-state index in [1.54, 1.807) is 0 Å². The smallest absolute Gasteiger partial charge is 0.318 e. The van der Waals surface area contributed by atoms with Gasteiger partial charge >= 0.3 is 6.03 Å². The number of amides is 2. The highest BCUT2D eigenvalue weighted by Crippen LogP contribution is 2.32. The molecule has 0 radical (unpaired) electrons. The number of nitrogens with zero attached hydrogens (tertiary/aromatic N) is 2. The summed E-state index contributed by atoms with van der Waals surface area (Å²) < 4.78 is 3.16. The molecule has 1 N–H and O–H groups in total. The third-order valence-electron chi connectivity index (χ3n) is 4.62. The van der Waals surface area contributed by atoms with Gasteiger partial charge in [-0.2, -0.15) is 0 Å². The minimum Gasteiger partial charge on any atom is -0.318 e. The van der Waals surface area contributed by atoms with E-state index in [1.807, 2.05) is 47.4 Å². The van der Waals surface area contributed by atoms with Gasteiger partial charge in [-0.25, -0.2) is 4.79 Å². The second-order valence-corrected chi connectivity index (χ2v) is 7.09. The Labute approximate surface area is 155 Å². The van der Waals surface area contributed by atoms with E-state index in [9.17, 15) is 4.79 Å². The first-order valence-electron chi connectivity index (χ1n) is 8.22. The average Bonchev–Trinajstić information content (AvgIpc) is 3.07. The summed E-state index contributed by atoms with van der Waals surface area (Å²) in [4.78, 5) is 14.8. The van der Waals surface area contributed by atoms with Crippen molar-refractivity contribution in [2.24, 2.45) is 0 Å². The molecule has 2 aromatic carbocycles. The van der Waals surface area contributed by atoms with Crippen LogP contribution in [-0.4, -0.2) is 15.5 Å². The van der Waals surface area contributed by atoms with Gasteiger partial charge in [0, 0.05) is 22.1 Å². The molecule has 2 heterocycles. The zero-order chi connectivity index (χ0) is 17.4. The van der Waals surface area contributed by atoms with E-state index in [0.29, 0.717) is 6.54 Å². The normalized spacial score (nSPS) is 15.9. The minimum absolute atomic E-state index is 0.0298. The van der Waals surface area contributed by atoms with Crippen LogP contribution >= 0.6 is 15.9 Å². The largest absolute Gasteiger partial charge is 0.322 e. The predicted octanol–water partition coefficient (Wildman–Crippen LogP) is 5.35. The Morgan fingerprint density at radius 3 is 2.64 bits per heavy atom. The van der Waals surface area contributed by atoms with Gasteiger partial charge in [-0.05, 0) is 55.0 Å². The molecule has 0 aliphatic carbocycles. The van der Waals surface area contributed by atoms with Crippen molar-refractivity contribution in [3.8, 4) is 5.69 Å². The molecule has 1 aliphatic heterocycles. The molecule has 2 amide bonds. The van der Waals surface area contributed by atoms with E-state index in [0.717, 1.165) is 27.1 Å². The lowest BCUT2D eigenvalue weighted by molar-refractivity contribution is 0.189. The maximum atomic E-state index is 13.0. The number of rotatable bonds is 1. The summed E-state index contributed by atoms with van der Waals surface area (Å²) in [6.45, 7) is 2.64. The van der Waals surface area contributed by atoms with E-state index in [1.165, 1.54) is 0 Å². The number of hydrogen-bond acceptors (Lipinski definition) is 1. The number of hydrogen-bond donors (Lipinski definition) is 1. The third kappa shape index (κ3) is 2.96. The Morgan fingerprint density at radius 1 is 1.08 bits per heavy atom. The predicted molar refractivity (Wildman–Crippen MR) is 103 cm³/mol. The molecule has 0 saturated carbocycles. The molecular weight excluding hydrogens is 378 g/mol. The quantitative estimate of drug-likeness (QED) is 0.592. The van der Waals surface area contributed by atoms with Gasteiger partial charge in [0.15, 0.2) is 0 Å². The lowest BCUT2D eigenvalue weighted by Crippen LogP contribution is -2.36. The summed E-state index contributed by atoms with van der Waals surface area (Å²) in [5, 5.41) is 3.01. The molecule has 0 spiro atoms. The number of para-hydroxylation sites is 1. The first-order chi connectivity index (χ1) is 12.1. The highest BCUT2D eigenvalue weighted by molar-refractivity contribution is 9.10. The number of urea groups is 1. The van der Waals surface area contributed by atoms with E-state index >= 15 is 0 Å². The number of carbonyl (C=O) groups excluding carboxylic acids is 1. The van der Waals surface area contributed by atoms with E-state index in [2.05, 4.69) is 57.1 Å². The van der Waals surface area contributed by atoms with Gasteiger partial charge in [-0.15, -0.1) is 0 Å². The fourth-order valence-electron chi connectivity index (χ4n) is 3.29. The molecule has 0 unspecified atom stereocenters. The van der Waals surface area contributed by atoms with Crippen LogP contribution in [0.25, 0.3) is 5.69 Å². The van der Waals surface area contributed by atoms with Crippen LogP contribution in [0.2, 0.25) is 0 Å². The number of nitrogens with one attached hydrogen (secondary N) is 1. The van der Waals surface area contributed by atoms with Crippen molar-refractivity contribution >= 4 is 27.6 Å². The first-order valence-corrected chi connectivity index (χ1v) is 9.01. The Kier molecular flexibility index (Phi) is 4.09. The maximum absolute atomic E-state index is 13.0. The summed E-state index contributed by atoms with van der Waals surface area (Å²) in [6, 6.07) is 19.8. The molecule has 0 fully saturated rings. The molecule has 25 heavy (non-hydrogen) atoms. The number of benzene rings is 2. The van der Waals surface area contributed by atoms with Crippen molar-refractivity contribution in [2.45, 2.75) is 19.5 Å². The van der Waals surface area contributed by atoms with Crippen LogP contribution in [0.15, 0.2) is 71.3 Å². The van der Waals surface area contributed by atoms with Crippen LogP contribution < -0.4 is 5.32 Å². The van der Waals surface area contributed by atoms with Crippen molar-refractivity contribution < 1.29 is 4.79 Å². The van der Waals surface area contributed by atoms with Gasteiger partial charge in [-0.3, -0.25) is 0 Å². The molecule has 0 saturated heterocycles. The average molecular weight is 396 g/mol. The van der Waals surface area contributed by atoms with Gasteiger partial charge < -0.3 is 14.8 Å². The molecular formula is C20H18BrN3O. The summed E-state index contributed by atoms with van der Waals surface area (Å²) >= 11 is 3.41. The van der Waals surface area contributed by atoms with E-state index in [-0.39, 0.29) is 12.1 Å². The van der Waals surface area contributed by atoms with Crippen LogP contribution in [0.4, 0.5) is 10.5 Å². The Morgan fingerprint density at radius 2 is 1.84 bits per heavy atom. The fourth-order valence-corrected chi connectivity index (χ4v) is 3.55. The molecule has 4 rings (SSSR count). The summed E-state index contributed by atoms with van der Waals surface area (Å²) in [5.74, 6) is 0. The Hall–Kier alpha value is -2.53. The topological polar surface area (TPSA) is 37.3 Å². The SMILES string of the molecule is C[C@@H]1c2cccn2-c2ccccc2CN1C(=O)Nc1ccc(Br)cc1. The van der Waals surface area contributed by atoms with Crippen LogP contribution in [-0.2, 0) is 6.54 Å². The number of aromatic nitrogens is 1. The van der Waals surface area contributed by atoms with Gasteiger partial charge in [0.25, 0.3) is 0 Å². The van der Waals surface area contributed by atoms with Crippen LogP contribution in [0.1, 0.15) is 24.2 Å². The summed E-state index contributed by atoms with van der Waals surface area (Å²) in [6.07, 6.45) is 2.06. The van der Waals surface area contributed by atoms with Gasteiger partial charge in [0.2, 0.25) is 0 Å². The second-order valence-electron chi connectivity index (χ2n) is 6.17. The monoisotopic (exact) mass is 395 g/mol. The molecule has 1 aliphatic rings. The summed E-state index contributed by atoms with van der Waals surface area (Å²) in [5.41, 5.74) is 4.16. The van der Waals surface area contributed by atoms with Crippen molar-refractivity contribution in [2.75, 3.05) is 5.32 Å². The number of carbonyl (C=O) groups is 1. The van der Waals surface area contributed by atoms with E-state index in [4.69, 9.17) is 0 Å². The van der Waals surface area contributed by atoms with Crippen molar-refractivity contribution in [1.82, 2.24) is 9.47 Å². The first kappa shape index (κ1) is 16.0. The van der Waals surface area contributed by atoms with Crippen LogP contribution in [0.3, 0.4) is 0 Å². The second kappa shape index (κ2) is 6.41. The Balaban J connectivity index is 1.68. The molecule has 5 heteroatoms. The minimum atomic E-state index is -0.0979. The Bertz CT molecular complexity index is 917. The third-order valence-corrected chi connectivity index (χ3v) is 5.15. The van der Waals surface area contributed by atoms with Crippen molar-refractivity contribution in [3.05, 3.63) is 82.6 Å². The fraction of sp³-hybridized carbons (Fsp3) is 0.150.